The lowest BCUT2D eigenvalue weighted by Crippen LogP contribution is -2.28. The number of halogens is 1. The van der Waals surface area contributed by atoms with Crippen molar-refractivity contribution in [3.05, 3.63) is 58.0 Å². The van der Waals surface area contributed by atoms with Gasteiger partial charge in [0.25, 0.3) is 0 Å². The van der Waals surface area contributed by atoms with Crippen molar-refractivity contribution < 1.29 is 4.39 Å². The SMILES string of the molecule is Fc1ccccc1[C@H]1C[C@@H](c2cccs2)Nc2nnnn21. The van der Waals surface area contributed by atoms with Crippen LogP contribution in [0.15, 0.2) is 41.8 Å². The third kappa shape index (κ3) is 2.09. The molecule has 1 aliphatic heterocycles. The highest BCUT2D eigenvalue weighted by Crippen LogP contribution is 2.38. The van der Waals surface area contributed by atoms with Gasteiger partial charge in [-0.05, 0) is 34.4 Å². The van der Waals surface area contributed by atoms with Gasteiger partial charge in [-0.25, -0.2) is 9.07 Å². The van der Waals surface area contributed by atoms with Crippen molar-refractivity contribution >= 4 is 17.3 Å². The van der Waals surface area contributed by atoms with E-state index >= 15 is 0 Å². The molecule has 0 spiro atoms. The Labute approximate surface area is 124 Å². The van der Waals surface area contributed by atoms with Crippen LogP contribution in [0, 0.1) is 5.82 Å². The van der Waals surface area contributed by atoms with Crippen LogP contribution >= 0.6 is 11.3 Å². The topological polar surface area (TPSA) is 55.6 Å². The van der Waals surface area contributed by atoms with Gasteiger partial charge in [0.05, 0.1) is 12.1 Å². The number of hydrogen-bond acceptors (Lipinski definition) is 5. The Hall–Kier alpha value is -2.28. The van der Waals surface area contributed by atoms with Gasteiger partial charge in [-0.2, -0.15) is 0 Å². The molecule has 7 heteroatoms. The predicted molar refractivity (Wildman–Crippen MR) is 77.7 cm³/mol. The highest BCUT2D eigenvalue weighted by Gasteiger charge is 2.32. The number of hydrogen-bond donors (Lipinski definition) is 1. The molecule has 0 aliphatic carbocycles. The van der Waals surface area contributed by atoms with Crippen molar-refractivity contribution in [1.82, 2.24) is 20.2 Å². The number of fused-ring (bicyclic) bond motifs is 1. The van der Waals surface area contributed by atoms with Crippen LogP contribution in [0.5, 0.6) is 0 Å². The molecule has 3 aromatic rings. The number of nitrogens with zero attached hydrogens (tertiary/aromatic N) is 4. The summed E-state index contributed by atoms with van der Waals surface area (Å²) in [6.07, 6.45) is 0.708. The summed E-state index contributed by atoms with van der Waals surface area (Å²) in [6, 6.07) is 10.8. The van der Waals surface area contributed by atoms with Crippen LogP contribution in [0.4, 0.5) is 10.3 Å². The van der Waals surface area contributed by atoms with E-state index in [2.05, 4.69) is 26.9 Å². The largest absolute Gasteiger partial charge is 0.345 e. The second kappa shape index (κ2) is 4.92. The number of aromatic nitrogens is 4. The maximum atomic E-state index is 14.1. The van der Waals surface area contributed by atoms with Crippen molar-refractivity contribution in [1.29, 1.82) is 0 Å². The van der Waals surface area contributed by atoms with Gasteiger partial charge in [0.2, 0.25) is 5.95 Å². The first kappa shape index (κ1) is 12.5. The minimum Gasteiger partial charge on any atom is -0.345 e. The third-order valence-corrected chi connectivity index (χ3v) is 4.69. The molecule has 2 atom stereocenters. The van der Waals surface area contributed by atoms with E-state index in [4.69, 9.17) is 0 Å². The first-order chi connectivity index (χ1) is 10.3. The molecule has 0 saturated carbocycles. The maximum Gasteiger partial charge on any atom is 0.244 e. The summed E-state index contributed by atoms with van der Waals surface area (Å²) < 4.78 is 15.8. The molecule has 0 unspecified atom stereocenters. The fraction of sp³-hybridized carbons (Fsp3) is 0.214. The number of rotatable bonds is 2. The highest BCUT2D eigenvalue weighted by atomic mass is 32.1. The molecule has 106 valence electrons. The summed E-state index contributed by atoms with van der Waals surface area (Å²) in [5.74, 6) is 0.351. The van der Waals surface area contributed by atoms with Gasteiger partial charge in [-0.3, -0.25) is 0 Å². The smallest absolute Gasteiger partial charge is 0.244 e. The summed E-state index contributed by atoms with van der Waals surface area (Å²) in [5.41, 5.74) is 0.620. The molecule has 0 fully saturated rings. The van der Waals surface area contributed by atoms with E-state index in [-0.39, 0.29) is 17.9 Å². The molecule has 0 radical (unpaired) electrons. The minimum atomic E-state index is -0.226. The van der Waals surface area contributed by atoms with E-state index in [0.717, 1.165) is 0 Å². The predicted octanol–water partition coefficient (Wildman–Crippen LogP) is 3.02. The van der Waals surface area contributed by atoms with Crippen molar-refractivity contribution in [2.75, 3.05) is 5.32 Å². The van der Waals surface area contributed by atoms with Crippen molar-refractivity contribution in [2.45, 2.75) is 18.5 Å². The van der Waals surface area contributed by atoms with E-state index in [1.54, 1.807) is 28.2 Å². The zero-order chi connectivity index (χ0) is 14.2. The number of benzene rings is 1. The first-order valence-electron chi connectivity index (χ1n) is 6.65. The van der Waals surface area contributed by atoms with Crippen LogP contribution < -0.4 is 5.32 Å². The fourth-order valence-corrected chi connectivity index (χ4v) is 3.51. The van der Waals surface area contributed by atoms with Crippen molar-refractivity contribution in [3.8, 4) is 0 Å². The molecule has 0 amide bonds. The molecule has 0 saturated heterocycles. The van der Waals surface area contributed by atoms with Gasteiger partial charge in [-0.15, -0.1) is 11.3 Å². The molecule has 5 nitrogen and oxygen atoms in total. The molecule has 0 bridgehead atoms. The molecule has 2 aromatic heterocycles. The van der Waals surface area contributed by atoms with Gasteiger partial charge < -0.3 is 5.32 Å². The Morgan fingerprint density at radius 1 is 1.24 bits per heavy atom. The minimum absolute atomic E-state index is 0.0908. The molecule has 4 rings (SSSR count). The molecule has 1 aliphatic rings. The lowest BCUT2D eigenvalue weighted by Gasteiger charge is -2.30. The third-order valence-electron chi connectivity index (χ3n) is 3.70. The standard InChI is InChI=1S/C14H12FN5S/c15-10-5-2-1-4-9(10)12-8-11(13-6-3-7-21-13)16-14-17-18-19-20(12)14/h1-7,11-12H,8H2,(H,16,17,19)/t11-,12+/m0/s1. The summed E-state index contributed by atoms with van der Waals surface area (Å²) in [7, 11) is 0. The van der Waals surface area contributed by atoms with Gasteiger partial charge in [-0.1, -0.05) is 29.4 Å². The molecule has 1 N–H and O–H groups in total. The fourth-order valence-electron chi connectivity index (χ4n) is 2.72. The maximum absolute atomic E-state index is 14.1. The van der Waals surface area contributed by atoms with Gasteiger partial charge >= 0.3 is 0 Å². The van der Waals surface area contributed by atoms with Crippen LogP contribution in [0.2, 0.25) is 0 Å². The van der Waals surface area contributed by atoms with Crippen LogP contribution in [0.25, 0.3) is 0 Å². The number of anilines is 1. The van der Waals surface area contributed by atoms with E-state index in [0.29, 0.717) is 17.9 Å². The van der Waals surface area contributed by atoms with Gasteiger partial charge in [0.15, 0.2) is 0 Å². The van der Waals surface area contributed by atoms with Crippen LogP contribution in [-0.4, -0.2) is 20.2 Å². The summed E-state index contributed by atoms with van der Waals surface area (Å²) in [5, 5.41) is 17.1. The van der Waals surface area contributed by atoms with Crippen LogP contribution in [0.1, 0.15) is 28.9 Å². The number of nitrogens with one attached hydrogen (secondary N) is 1. The Kier molecular flexibility index (Phi) is 2.92. The second-order valence-corrected chi connectivity index (χ2v) is 5.91. The zero-order valence-corrected chi connectivity index (χ0v) is 11.8. The first-order valence-corrected chi connectivity index (χ1v) is 7.53. The Morgan fingerprint density at radius 2 is 2.14 bits per heavy atom. The van der Waals surface area contributed by atoms with Gasteiger partial charge in [0, 0.05) is 10.4 Å². The molecule has 1 aromatic carbocycles. The second-order valence-electron chi connectivity index (χ2n) is 4.93. The van der Waals surface area contributed by atoms with Crippen LogP contribution in [0.3, 0.4) is 0 Å². The van der Waals surface area contributed by atoms with E-state index in [1.807, 2.05) is 17.5 Å². The monoisotopic (exact) mass is 301 g/mol. The average molecular weight is 301 g/mol. The molecule has 21 heavy (non-hydrogen) atoms. The normalized spacial score (nSPS) is 20.8. The van der Waals surface area contributed by atoms with E-state index in [1.165, 1.54) is 10.9 Å². The lowest BCUT2D eigenvalue weighted by atomic mass is 9.96. The van der Waals surface area contributed by atoms with Gasteiger partial charge in [0.1, 0.15) is 5.82 Å². The Morgan fingerprint density at radius 3 is 2.95 bits per heavy atom. The summed E-state index contributed by atoms with van der Waals surface area (Å²) >= 11 is 1.67. The Bertz CT molecular complexity index is 754. The molecular formula is C14H12FN5S. The quantitative estimate of drug-likeness (QED) is 0.790. The van der Waals surface area contributed by atoms with Crippen molar-refractivity contribution in [2.24, 2.45) is 0 Å². The van der Waals surface area contributed by atoms with Crippen molar-refractivity contribution in [3.63, 3.8) is 0 Å². The Balaban J connectivity index is 1.78. The molecular weight excluding hydrogens is 289 g/mol. The van der Waals surface area contributed by atoms with Crippen LogP contribution in [-0.2, 0) is 0 Å². The molecule has 3 heterocycles. The zero-order valence-electron chi connectivity index (χ0n) is 11.0. The number of tetrazole rings is 1. The lowest BCUT2D eigenvalue weighted by molar-refractivity contribution is 0.411. The highest BCUT2D eigenvalue weighted by molar-refractivity contribution is 7.10. The number of thiophene rings is 1. The van der Waals surface area contributed by atoms with E-state index < -0.39 is 0 Å². The summed E-state index contributed by atoms with van der Waals surface area (Å²) in [4.78, 5) is 1.20. The summed E-state index contributed by atoms with van der Waals surface area (Å²) in [6.45, 7) is 0. The average Bonchev–Trinajstić information content (AvgIpc) is 3.18. The van der Waals surface area contributed by atoms with E-state index in [9.17, 15) is 4.39 Å².